The highest BCUT2D eigenvalue weighted by Gasteiger charge is 2.20. The van der Waals surface area contributed by atoms with E-state index >= 15 is 0 Å². The highest BCUT2D eigenvalue weighted by atomic mass is 35.5. The number of anilines is 1. The molecule has 0 aliphatic heterocycles. The first-order valence-corrected chi connectivity index (χ1v) is 10.9. The Hall–Kier alpha value is -2.43. The van der Waals surface area contributed by atoms with E-state index < -0.39 is 5.91 Å². The lowest BCUT2D eigenvalue weighted by molar-refractivity contribution is 0.102. The topological polar surface area (TPSA) is 58.6 Å². The van der Waals surface area contributed by atoms with E-state index in [0.717, 1.165) is 5.39 Å². The third-order valence-corrected chi connectivity index (χ3v) is 6.15. The minimum atomic E-state index is -0.468. The van der Waals surface area contributed by atoms with Gasteiger partial charge in [-0.2, -0.15) is 0 Å². The lowest BCUT2D eigenvalue weighted by Gasteiger charge is -2.22. The van der Waals surface area contributed by atoms with Crippen molar-refractivity contribution in [1.29, 1.82) is 0 Å². The Morgan fingerprint density at radius 1 is 1.03 bits per heavy atom. The lowest BCUT2D eigenvalue weighted by Crippen LogP contribution is -2.16. The van der Waals surface area contributed by atoms with Crippen LogP contribution >= 0.6 is 23.2 Å². The van der Waals surface area contributed by atoms with E-state index in [1.54, 1.807) is 30.3 Å². The summed E-state index contributed by atoms with van der Waals surface area (Å²) in [5.74, 6) is 0.570. The van der Waals surface area contributed by atoms with Gasteiger partial charge in [0.25, 0.3) is 5.91 Å². The van der Waals surface area contributed by atoms with Crippen LogP contribution in [0.1, 0.15) is 42.5 Å². The molecule has 1 aliphatic rings. The second-order valence-corrected chi connectivity index (χ2v) is 8.55. The highest BCUT2D eigenvalue weighted by molar-refractivity contribution is 6.36. The summed E-state index contributed by atoms with van der Waals surface area (Å²) in [5.41, 5.74) is 0.557. The second-order valence-electron chi connectivity index (χ2n) is 7.71. The Morgan fingerprint density at radius 3 is 2.50 bits per heavy atom. The normalized spacial score (nSPS) is 14.6. The minimum Gasteiger partial charge on any atom is -0.506 e. The molecule has 6 heteroatoms. The summed E-state index contributed by atoms with van der Waals surface area (Å²) in [4.78, 5) is 13.0. The Morgan fingerprint density at radius 2 is 1.77 bits per heavy atom. The van der Waals surface area contributed by atoms with E-state index in [1.807, 2.05) is 18.2 Å². The number of fused-ring (bicyclic) bond motifs is 1. The number of carbonyl (C=O) groups is 1. The average molecular weight is 444 g/mol. The van der Waals surface area contributed by atoms with Crippen molar-refractivity contribution in [2.24, 2.45) is 5.92 Å². The van der Waals surface area contributed by atoms with Gasteiger partial charge in [0.2, 0.25) is 0 Å². The number of phenolic OH excluding ortho intramolecular Hbond substituents is 1. The zero-order chi connectivity index (χ0) is 21.1. The summed E-state index contributed by atoms with van der Waals surface area (Å²) in [6.07, 6.45) is 6.09. The number of hydrogen-bond acceptors (Lipinski definition) is 3. The molecule has 1 aliphatic carbocycles. The minimum absolute atomic E-state index is 0.0850. The van der Waals surface area contributed by atoms with Crippen LogP contribution in [-0.4, -0.2) is 17.6 Å². The summed E-state index contributed by atoms with van der Waals surface area (Å²) in [6.45, 7) is 0.610. The Bertz CT molecular complexity index is 1080. The van der Waals surface area contributed by atoms with Gasteiger partial charge in [-0.15, -0.1) is 0 Å². The second kappa shape index (κ2) is 9.15. The number of aromatic hydroxyl groups is 1. The molecule has 156 valence electrons. The summed E-state index contributed by atoms with van der Waals surface area (Å²) in [5, 5.41) is 15.7. The van der Waals surface area contributed by atoms with E-state index in [0.29, 0.717) is 39.4 Å². The molecule has 4 rings (SSSR count). The number of nitrogens with one attached hydrogen (secondary N) is 1. The van der Waals surface area contributed by atoms with Gasteiger partial charge >= 0.3 is 0 Å². The fraction of sp³-hybridized carbons (Fsp3) is 0.292. The zero-order valence-electron chi connectivity index (χ0n) is 16.5. The monoisotopic (exact) mass is 443 g/mol. The summed E-state index contributed by atoms with van der Waals surface area (Å²) < 4.78 is 6.16. The third-order valence-electron chi connectivity index (χ3n) is 5.60. The van der Waals surface area contributed by atoms with Crippen LogP contribution in [0.15, 0.2) is 48.5 Å². The van der Waals surface area contributed by atoms with Crippen molar-refractivity contribution < 1.29 is 14.6 Å². The molecule has 1 fully saturated rings. The van der Waals surface area contributed by atoms with Crippen molar-refractivity contribution in [3.8, 4) is 11.5 Å². The van der Waals surface area contributed by atoms with Crippen LogP contribution in [0.25, 0.3) is 10.8 Å². The predicted molar refractivity (Wildman–Crippen MR) is 122 cm³/mol. The van der Waals surface area contributed by atoms with Gasteiger partial charge in [-0.05, 0) is 43.0 Å². The molecule has 0 aromatic heterocycles. The maximum Gasteiger partial charge on any atom is 0.259 e. The van der Waals surface area contributed by atoms with E-state index in [2.05, 4.69) is 5.32 Å². The van der Waals surface area contributed by atoms with Crippen molar-refractivity contribution in [2.45, 2.75) is 32.1 Å². The first-order chi connectivity index (χ1) is 14.5. The highest BCUT2D eigenvalue weighted by Crippen LogP contribution is 2.37. The maximum atomic E-state index is 13.0. The number of hydrogen-bond donors (Lipinski definition) is 2. The summed E-state index contributed by atoms with van der Waals surface area (Å²) in [6, 6.07) is 13.8. The maximum absolute atomic E-state index is 13.0. The fourth-order valence-electron chi connectivity index (χ4n) is 3.96. The Kier molecular flexibility index (Phi) is 6.35. The van der Waals surface area contributed by atoms with Crippen molar-refractivity contribution in [2.75, 3.05) is 11.9 Å². The molecule has 0 atom stereocenters. The van der Waals surface area contributed by atoms with Crippen LogP contribution in [0.2, 0.25) is 10.0 Å². The van der Waals surface area contributed by atoms with Crippen LogP contribution in [0, 0.1) is 5.92 Å². The van der Waals surface area contributed by atoms with Gasteiger partial charge in [-0.3, -0.25) is 4.79 Å². The number of carbonyl (C=O) groups excluding carboxylic acids is 1. The molecule has 3 aromatic rings. The molecule has 0 bridgehead atoms. The average Bonchev–Trinajstić information content (AvgIpc) is 2.76. The first kappa shape index (κ1) is 20.8. The number of halogens is 2. The molecular weight excluding hydrogens is 421 g/mol. The largest absolute Gasteiger partial charge is 0.506 e. The number of benzene rings is 3. The van der Waals surface area contributed by atoms with E-state index in [1.165, 1.54) is 32.1 Å². The molecular formula is C24H23Cl2NO3. The van der Waals surface area contributed by atoms with Gasteiger partial charge in [-0.25, -0.2) is 0 Å². The van der Waals surface area contributed by atoms with Crippen molar-refractivity contribution >= 4 is 45.6 Å². The van der Waals surface area contributed by atoms with Crippen LogP contribution in [0.5, 0.6) is 11.5 Å². The van der Waals surface area contributed by atoms with Crippen molar-refractivity contribution in [3.05, 3.63) is 64.1 Å². The fourth-order valence-corrected chi connectivity index (χ4v) is 4.42. The van der Waals surface area contributed by atoms with E-state index in [9.17, 15) is 9.90 Å². The first-order valence-electron chi connectivity index (χ1n) is 10.2. The standard InChI is InChI=1S/C24H23Cl2NO3/c25-16-10-11-21(20(26)12-16)27-24(29)19-13-22(30-14-15-6-2-1-3-7-15)17-8-4-5-9-18(17)23(19)28/h4-5,8-13,15,28H,1-3,6-7,14H2,(H,27,29). The quantitative estimate of drug-likeness (QED) is 0.443. The predicted octanol–water partition coefficient (Wildman–Crippen LogP) is 7.06. The van der Waals surface area contributed by atoms with Gasteiger partial charge < -0.3 is 15.2 Å². The molecule has 3 aromatic carbocycles. The molecule has 4 nitrogen and oxygen atoms in total. The summed E-state index contributed by atoms with van der Waals surface area (Å²) >= 11 is 12.1. The van der Waals surface area contributed by atoms with Gasteiger partial charge in [0, 0.05) is 15.8 Å². The Labute approximate surface area is 185 Å². The van der Waals surface area contributed by atoms with Crippen LogP contribution in [0.3, 0.4) is 0 Å². The molecule has 0 spiro atoms. The van der Waals surface area contributed by atoms with Crippen LogP contribution in [-0.2, 0) is 0 Å². The molecule has 2 N–H and O–H groups in total. The van der Waals surface area contributed by atoms with E-state index in [4.69, 9.17) is 27.9 Å². The number of ether oxygens (including phenoxy) is 1. The van der Waals surface area contributed by atoms with Gasteiger partial charge in [0.15, 0.2) is 0 Å². The number of amides is 1. The molecule has 30 heavy (non-hydrogen) atoms. The SMILES string of the molecule is O=C(Nc1ccc(Cl)cc1Cl)c1cc(OCC2CCCCC2)c2ccccc2c1O. The summed E-state index contributed by atoms with van der Waals surface area (Å²) in [7, 11) is 0. The molecule has 0 unspecified atom stereocenters. The number of rotatable bonds is 5. The number of phenols is 1. The van der Waals surface area contributed by atoms with E-state index in [-0.39, 0.29) is 11.3 Å². The molecule has 0 heterocycles. The molecule has 1 amide bonds. The van der Waals surface area contributed by atoms with Crippen LogP contribution in [0.4, 0.5) is 5.69 Å². The third kappa shape index (κ3) is 4.50. The molecule has 1 saturated carbocycles. The smallest absolute Gasteiger partial charge is 0.259 e. The zero-order valence-corrected chi connectivity index (χ0v) is 18.0. The molecule has 0 radical (unpaired) electrons. The van der Waals surface area contributed by atoms with Gasteiger partial charge in [0.05, 0.1) is 22.9 Å². The van der Waals surface area contributed by atoms with Crippen molar-refractivity contribution in [3.63, 3.8) is 0 Å². The Balaban J connectivity index is 1.65. The van der Waals surface area contributed by atoms with Crippen molar-refractivity contribution in [1.82, 2.24) is 0 Å². The van der Waals surface area contributed by atoms with Gasteiger partial charge in [0.1, 0.15) is 11.5 Å². The van der Waals surface area contributed by atoms with Crippen LogP contribution < -0.4 is 10.1 Å². The van der Waals surface area contributed by atoms with Gasteiger partial charge in [-0.1, -0.05) is 66.7 Å². The molecule has 0 saturated heterocycles. The lowest BCUT2D eigenvalue weighted by atomic mass is 9.90.